The Hall–Kier alpha value is -1.35. The number of hydrogen-bond acceptors (Lipinski definition) is 2. The summed E-state index contributed by atoms with van der Waals surface area (Å²) in [6.07, 6.45) is 0.870. The van der Waals surface area contributed by atoms with Crippen molar-refractivity contribution in [3.05, 3.63) is 34.4 Å². The first-order valence-electron chi connectivity index (χ1n) is 6.75. The molecule has 3 heteroatoms. The molecule has 1 aromatic rings. The predicted octanol–water partition coefficient (Wildman–Crippen LogP) is 2.82. The molecule has 0 saturated carbocycles. The van der Waals surface area contributed by atoms with Crippen LogP contribution in [0.25, 0.3) is 0 Å². The lowest BCUT2D eigenvalue weighted by Crippen LogP contribution is -2.25. The Morgan fingerprint density at radius 1 is 1.21 bits per heavy atom. The van der Waals surface area contributed by atoms with Gasteiger partial charge < -0.3 is 10.4 Å². The molecule has 0 aliphatic carbocycles. The maximum Gasteiger partial charge on any atom is 0.317 e. The van der Waals surface area contributed by atoms with Crippen molar-refractivity contribution in [2.24, 2.45) is 0 Å². The standard InChI is InChI=1S/C16H25NO2/c1-11-8-13(16(3,4)5)9-12(2)14(11)6-7-17-10-15(18)19/h8-9,17H,6-7,10H2,1-5H3,(H,18,19). The van der Waals surface area contributed by atoms with Gasteiger partial charge in [-0.1, -0.05) is 32.9 Å². The first kappa shape index (κ1) is 15.7. The van der Waals surface area contributed by atoms with Crippen molar-refractivity contribution in [3.8, 4) is 0 Å². The highest BCUT2D eigenvalue weighted by molar-refractivity contribution is 5.68. The van der Waals surface area contributed by atoms with Gasteiger partial charge in [0.05, 0.1) is 6.54 Å². The molecule has 106 valence electrons. The highest BCUT2D eigenvalue weighted by Crippen LogP contribution is 2.26. The van der Waals surface area contributed by atoms with E-state index in [0.29, 0.717) is 6.54 Å². The van der Waals surface area contributed by atoms with E-state index in [0.717, 1.165) is 6.42 Å². The third kappa shape index (κ3) is 4.67. The Labute approximate surface area is 116 Å². The largest absolute Gasteiger partial charge is 0.480 e. The molecule has 1 aromatic carbocycles. The fourth-order valence-corrected chi connectivity index (χ4v) is 2.23. The second-order valence-corrected chi connectivity index (χ2v) is 6.16. The molecule has 0 saturated heterocycles. The van der Waals surface area contributed by atoms with E-state index in [2.05, 4.69) is 52.1 Å². The van der Waals surface area contributed by atoms with Crippen molar-refractivity contribution >= 4 is 5.97 Å². The van der Waals surface area contributed by atoms with Gasteiger partial charge in [0.25, 0.3) is 0 Å². The summed E-state index contributed by atoms with van der Waals surface area (Å²) >= 11 is 0. The minimum atomic E-state index is -0.809. The van der Waals surface area contributed by atoms with Gasteiger partial charge in [-0.25, -0.2) is 0 Å². The highest BCUT2D eigenvalue weighted by Gasteiger charge is 2.16. The van der Waals surface area contributed by atoms with Crippen LogP contribution >= 0.6 is 0 Å². The smallest absolute Gasteiger partial charge is 0.317 e. The molecule has 19 heavy (non-hydrogen) atoms. The first-order chi connectivity index (χ1) is 8.71. The lowest BCUT2D eigenvalue weighted by Gasteiger charge is -2.22. The van der Waals surface area contributed by atoms with E-state index in [1.165, 1.54) is 22.3 Å². The second kappa shape index (κ2) is 6.20. The quantitative estimate of drug-likeness (QED) is 0.803. The third-order valence-corrected chi connectivity index (χ3v) is 3.39. The minimum Gasteiger partial charge on any atom is -0.480 e. The topological polar surface area (TPSA) is 49.3 Å². The van der Waals surface area contributed by atoms with Gasteiger partial charge in [0.15, 0.2) is 0 Å². The van der Waals surface area contributed by atoms with Crippen molar-refractivity contribution in [1.82, 2.24) is 5.32 Å². The number of aryl methyl sites for hydroxylation is 2. The van der Waals surface area contributed by atoms with Crippen molar-refractivity contribution in [2.45, 2.75) is 46.5 Å². The SMILES string of the molecule is Cc1cc(C(C)(C)C)cc(C)c1CCNCC(=O)O. The molecule has 2 N–H and O–H groups in total. The summed E-state index contributed by atoms with van der Waals surface area (Å²) in [4.78, 5) is 10.4. The van der Waals surface area contributed by atoms with E-state index in [4.69, 9.17) is 5.11 Å². The summed E-state index contributed by atoms with van der Waals surface area (Å²) in [6.45, 7) is 11.6. The van der Waals surface area contributed by atoms with E-state index in [1.54, 1.807) is 0 Å². The van der Waals surface area contributed by atoms with Crippen LogP contribution in [-0.4, -0.2) is 24.2 Å². The lowest BCUT2D eigenvalue weighted by molar-refractivity contribution is -0.135. The molecule has 0 aliphatic rings. The van der Waals surface area contributed by atoms with Gasteiger partial charge in [-0.2, -0.15) is 0 Å². The molecular weight excluding hydrogens is 238 g/mol. The second-order valence-electron chi connectivity index (χ2n) is 6.16. The Balaban J connectivity index is 2.78. The number of aliphatic carboxylic acids is 1. The van der Waals surface area contributed by atoms with Gasteiger partial charge in [0.2, 0.25) is 0 Å². The number of benzene rings is 1. The molecule has 0 heterocycles. The molecule has 0 unspecified atom stereocenters. The molecule has 0 fully saturated rings. The Kier molecular flexibility index (Phi) is 5.12. The van der Waals surface area contributed by atoms with Gasteiger partial charge in [0, 0.05) is 0 Å². The summed E-state index contributed by atoms with van der Waals surface area (Å²) in [5, 5.41) is 11.5. The normalized spacial score (nSPS) is 11.6. The van der Waals surface area contributed by atoms with Gasteiger partial charge in [-0.3, -0.25) is 4.79 Å². The summed E-state index contributed by atoms with van der Waals surface area (Å²) in [5.74, 6) is -0.809. The molecule has 0 bridgehead atoms. The van der Waals surface area contributed by atoms with Crippen LogP contribution in [0.4, 0.5) is 0 Å². The van der Waals surface area contributed by atoms with E-state index < -0.39 is 5.97 Å². The highest BCUT2D eigenvalue weighted by atomic mass is 16.4. The molecule has 0 aliphatic heterocycles. The molecule has 0 spiro atoms. The molecule has 1 rings (SSSR count). The van der Waals surface area contributed by atoms with Crippen LogP contribution in [0.3, 0.4) is 0 Å². The van der Waals surface area contributed by atoms with Crippen LogP contribution in [0.2, 0.25) is 0 Å². The van der Waals surface area contributed by atoms with Crippen LogP contribution in [-0.2, 0) is 16.6 Å². The molecule has 0 radical (unpaired) electrons. The summed E-state index contributed by atoms with van der Waals surface area (Å²) < 4.78 is 0. The Morgan fingerprint density at radius 2 is 1.74 bits per heavy atom. The maximum absolute atomic E-state index is 10.4. The number of carboxylic acids is 1. The third-order valence-electron chi connectivity index (χ3n) is 3.39. The van der Waals surface area contributed by atoms with Crippen LogP contribution in [0.1, 0.15) is 43.0 Å². The average molecular weight is 263 g/mol. The van der Waals surface area contributed by atoms with Crippen LogP contribution in [0.15, 0.2) is 12.1 Å². The van der Waals surface area contributed by atoms with E-state index in [1.807, 2.05) is 0 Å². The molecule has 0 aromatic heterocycles. The number of carbonyl (C=O) groups is 1. The zero-order chi connectivity index (χ0) is 14.6. The zero-order valence-electron chi connectivity index (χ0n) is 12.6. The fourth-order valence-electron chi connectivity index (χ4n) is 2.23. The molecule has 3 nitrogen and oxygen atoms in total. The number of carboxylic acid groups (broad SMARTS) is 1. The van der Waals surface area contributed by atoms with Crippen LogP contribution in [0.5, 0.6) is 0 Å². The van der Waals surface area contributed by atoms with Crippen LogP contribution < -0.4 is 5.32 Å². The zero-order valence-corrected chi connectivity index (χ0v) is 12.6. The van der Waals surface area contributed by atoms with E-state index in [9.17, 15) is 4.79 Å². The predicted molar refractivity (Wildman–Crippen MR) is 78.8 cm³/mol. The molecular formula is C16H25NO2. The van der Waals surface area contributed by atoms with Gasteiger partial charge in [-0.15, -0.1) is 0 Å². The molecule has 0 atom stereocenters. The van der Waals surface area contributed by atoms with E-state index >= 15 is 0 Å². The number of rotatable bonds is 5. The summed E-state index contributed by atoms with van der Waals surface area (Å²) in [6, 6.07) is 4.50. The minimum absolute atomic E-state index is 0.0260. The first-order valence-corrected chi connectivity index (χ1v) is 6.75. The van der Waals surface area contributed by atoms with Crippen molar-refractivity contribution in [2.75, 3.05) is 13.1 Å². The molecule has 0 amide bonds. The Bertz CT molecular complexity index is 435. The van der Waals surface area contributed by atoms with Crippen molar-refractivity contribution < 1.29 is 9.90 Å². The van der Waals surface area contributed by atoms with Crippen LogP contribution in [0, 0.1) is 13.8 Å². The summed E-state index contributed by atoms with van der Waals surface area (Å²) in [7, 11) is 0. The lowest BCUT2D eigenvalue weighted by atomic mass is 9.83. The number of nitrogens with one attached hydrogen (secondary N) is 1. The summed E-state index contributed by atoms with van der Waals surface area (Å²) in [5.41, 5.74) is 5.43. The average Bonchev–Trinajstić information content (AvgIpc) is 2.25. The van der Waals surface area contributed by atoms with E-state index in [-0.39, 0.29) is 12.0 Å². The fraction of sp³-hybridized carbons (Fsp3) is 0.562. The monoisotopic (exact) mass is 263 g/mol. The van der Waals surface area contributed by atoms with Gasteiger partial charge in [-0.05, 0) is 54.5 Å². The van der Waals surface area contributed by atoms with Crippen molar-refractivity contribution in [3.63, 3.8) is 0 Å². The Morgan fingerprint density at radius 3 is 2.16 bits per heavy atom. The maximum atomic E-state index is 10.4. The number of hydrogen-bond donors (Lipinski definition) is 2. The van der Waals surface area contributed by atoms with Gasteiger partial charge in [0.1, 0.15) is 0 Å². The van der Waals surface area contributed by atoms with Crippen molar-refractivity contribution in [1.29, 1.82) is 0 Å². The van der Waals surface area contributed by atoms with Gasteiger partial charge >= 0.3 is 5.97 Å².